The number of hydrogen-bond donors (Lipinski definition) is 1. The average molecular weight is 286 g/mol. The van der Waals surface area contributed by atoms with E-state index in [0.29, 0.717) is 17.8 Å². The first kappa shape index (κ1) is 14.7. The normalized spacial score (nSPS) is 39.4. The van der Waals surface area contributed by atoms with Crippen molar-refractivity contribution in [3.05, 3.63) is 0 Å². The quantitative estimate of drug-likeness (QED) is 0.808. The van der Waals surface area contributed by atoms with E-state index in [0.717, 1.165) is 31.0 Å². The van der Waals surface area contributed by atoms with Gasteiger partial charge < -0.3 is 9.84 Å². The zero-order valence-corrected chi connectivity index (χ0v) is 12.5. The Morgan fingerprint density at radius 3 is 2.63 bits per heavy atom. The molecule has 0 bridgehead atoms. The van der Waals surface area contributed by atoms with E-state index in [1.165, 1.54) is 0 Å². The Hall–Kier alpha value is -0.710. The summed E-state index contributed by atoms with van der Waals surface area (Å²) in [6.45, 7) is 6.41. The molecule has 1 N–H and O–H groups in total. The molecule has 1 heterocycles. The molecule has 1 saturated heterocycles. The molecule has 4 nitrogen and oxygen atoms in total. The van der Waals surface area contributed by atoms with E-state index in [-0.39, 0.29) is 11.7 Å². The molecule has 19 heavy (non-hydrogen) atoms. The number of carbonyl (C=O) groups excluding carboxylic acids is 1. The molecule has 108 valence electrons. The number of carboxylic acids is 1. The fourth-order valence-corrected chi connectivity index (χ4v) is 4.63. The summed E-state index contributed by atoms with van der Waals surface area (Å²) < 4.78 is 5.30. The summed E-state index contributed by atoms with van der Waals surface area (Å²) >= 11 is 1.16. The van der Waals surface area contributed by atoms with E-state index in [4.69, 9.17) is 4.74 Å². The van der Waals surface area contributed by atoms with Gasteiger partial charge in [-0.2, -0.15) is 0 Å². The van der Waals surface area contributed by atoms with Gasteiger partial charge >= 0.3 is 11.9 Å². The molecule has 0 aromatic carbocycles. The summed E-state index contributed by atoms with van der Waals surface area (Å²) in [5.74, 6) is -0.0935. The summed E-state index contributed by atoms with van der Waals surface area (Å²) in [7, 11) is 0. The van der Waals surface area contributed by atoms with Crippen molar-refractivity contribution in [3.8, 4) is 0 Å². The van der Waals surface area contributed by atoms with Gasteiger partial charge in [-0.1, -0.05) is 39.0 Å². The molecule has 0 aromatic heterocycles. The Morgan fingerprint density at radius 1 is 1.47 bits per heavy atom. The largest absolute Gasteiger partial charge is 0.478 e. The average Bonchev–Trinajstić information content (AvgIpc) is 2.72. The molecule has 0 spiro atoms. The minimum absolute atomic E-state index is 0.0785. The first-order valence-electron chi connectivity index (χ1n) is 6.96. The van der Waals surface area contributed by atoms with Crippen LogP contribution in [0.25, 0.3) is 0 Å². The Labute approximate surface area is 118 Å². The molecular formula is C14H22O4S. The minimum Gasteiger partial charge on any atom is -0.478 e. The van der Waals surface area contributed by atoms with Gasteiger partial charge in [0.25, 0.3) is 4.93 Å². The number of carbonyl (C=O) groups is 2. The highest BCUT2D eigenvalue weighted by Crippen LogP contribution is 2.51. The van der Waals surface area contributed by atoms with Crippen LogP contribution in [0.3, 0.4) is 0 Å². The van der Waals surface area contributed by atoms with Gasteiger partial charge in [-0.15, -0.1) is 0 Å². The van der Waals surface area contributed by atoms with Crippen LogP contribution in [0.15, 0.2) is 0 Å². The van der Waals surface area contributed by atoms with Gasteiger partial charge in [-0.3, -0.25) is 4.79 Å². The Bertz CT molecular complexity index is 382. The second-order valence-electron chi connectivity index (χ2n) is 6.17. The van der Waals surface area contributed by atoms with Gasteiger partial charge in [-0.05, 0) is 30.6 Å². The smallest absolute Gasteiger partial charge is 0.359 e. The maximum atomic E-state index is 11.7. The number of carboxylic acid groups (broad SMARTS) is 1. The summed E-state index contributed by atoms with van der Waals surface area (Å²) in [6, 6.07) is 0. The SMILES string of the molecule is CC(C)C1CC[C@@H](C)CC1[C@@]1(C(=O)O)OC(=O)CS1. The zero-order valence-electron chi connectivity index (χ0n) is 11.7. The van der Waals surface area contributed by atoms with E-state index in [1.807, 2.05) is 0 Å². The second-order valence-corrected chi connectivity index (χ2v) is 7.35. The summed E-state index contributed by atoms with van der Waals surface area (Å²) in [4.78, 5) is 21.9. The highest BCUT2D eigenvalue weighted by Gasteiger charge is 2.58. The van der Waals surface area contributed by atoms with Crippen LogP contribution in [0, 0.1) is 23.7 Å². The first-order chi connectivity index (χ1) is 8.86. The van der Waals surface area contributed by atoms with Crippen LogP contribution in [0.5, 0.6) is 0 Å². The lowest BCUT2D eigenvalue weighted by Gasteiger charge is -2.43. The third-order valence-corrected chi connectivity index (χ3v) is 5.85. The Kier molecular flexibility index (Phi) is 4.14. The number of ether oxygens (including phenoxy) is 1. The fraction of sp³-hybridized carbons (Fsp3) is 0.857. The van der Waals surface area contributed by atoms with Crippen molar-refractivity contribution < 1.29 is 19.4 Å². The topological polar surface area (TPSA) is 63.6 Å². The molecule has 1 saturated carbocycles. The third-order valence-electron chi connectivity index (χ3n) is 4.48. The summed E-state index contributed by atoms with van der Waals surface area (Å²) in [6.07, 6.45) is 2.99. The van der Waals surface area contributed by atoms with Crippen molar-refractivity contribution in [1.29, 1.82) is 0 Å². The van der Waals surface area contributed by atoms with Gasteiger partial charge in [0.2, 0.25) is 0 Å². The molecule has 2 unspecified atom stereocenters. The van der Waals surface area contributed by atoms with Crippen molar-refractivity contribution in [2.24, 2.45) is 23.7 Å². The highest BCUT2D eigenvalue weighted by atomic mass is 32.2. The maximum Gasteiger partial charge on any atom is 0.359 e. The molecule has 1 aliphatic carbocycles. The number of aliphatic carboxylic acids is 1. The summed E-state index contributed by atoms with van der Waals surface area (Å²) in [5.41, 5.74) is 0. The number of thioether (sulfide) groups is 1. The lowest BCUT2D eigenvalue weighted by molar-refractivity contribution is -0.172. The van der Waals surface area contributed by atoms with Gasteiger partial charge in [0, 0.05) is 5.92 Å². The van der Waals surface area contributed by atoms with Crippen molar-refractivity contribution in [2.45, 2.75) is 45.0 Å². The van der Waals surface area contributed by atoms with Crippen LogP contribution >= 0.6 is 11.8 Å². The first-order valence-corrected chi connectivity index (χ1v) is 7.94. The zero-order chi connectivity index (χ0) is 14.2. The molecule has 2 rings (SSSR count). The predicted molar refractivity (Wildman–Crippen MR) is 73.7 cm³/mol. The number of rotatable bonds is 3. The number of cyclic esters (lactones) is 1. The van der Waals surface area contributed by atoms with Crippen molar-refractivity contribution in [3.63, 3.8) is 0 Å². The lowest BCUT2D eigenvalue weighted by Crippen LogP contribution is -2.49. The highest BCUT2D eigenvalue weighted by molar-refractivity contribution is 8.02. The van der Waals surface area contributed by atoms with Crippen LogP contribution in [0.4, 0.5) is 0 Å². The van der Waals surface area contributed by atoms with Gasteiger partial charge in [0.05, 0.1) is 5.75 Å². The summed E-state index contributed by atoms with van der Waals surface area (Å²) in [5, 5.41) is 9.62. The van der Waals surface area contributed by atoms with Gasteiger partial charge in [0.1, 0.15) is 0 Å². The van der Waals surface area contributed by atoms with Crippen LogP contribution in [-0.4, -0.2) is 27.7 Å². The molecule has 0 radical (unpaired) electrons. The molecule has 2 fully saturated rings. The Balaban J connectivity index is 2.32. The monoisotopic (exact) mass is 286 g/mol. The molecule has 2 aliphatic rings. The van der Waals surface area contributed by atoms with Crippen LogP contribution < -0.4 is 0 Å². The van der Waals surface area contributed by atoms with E-state index in [1.54, 1.807) is 0 Å². The number of hydrogen-bond acceptors (Lipinski definition) is 4. The molecule has 5 heteroatoms. The standard InChI is InChI=1S/C14H22O4S/c1-8(2)10-5-4-9(3)6-11(10)14(13(16)17)18-12(15)7-19-14/h8-11H,4-7H2,1-3H3,(H,16,17)/t9-,10?,11?,14-/m1/s1. The molecule has 1 aliphatic heterocycles. The van der Waals surface area contributed by atoms with Crippen molar-refractivity contribution in [2.75, 3.05) is 5.75 Å². The van der Waals surface area contributed by atoms with Gasteiger partial charge in [-0.25, -0.2) is 4.79 Å². The van der Waals surface area contributed by atoms with Crippen LogP contribution in [0.2, 0.25) is 0 Å². The maximum absolute atomic E-state index is 11.7. The Morgan fingerprint density at radius 2 is 2.16 bits per heavy atom. The third kappa shape index (κ3) is 2.62. The van der Waals surface area contributed by atoms with Crippen molar-refractivity contribution >= 4 is 23.7 Å². The molecule has 0 aromatic rings. The fourth-order valence-electron chi connectivity index (χ4n) is 3.48. The molecule has 4 atom stereocenters. The van der Waals surface area contributed by atoms with E-state index in [9.17, 15) is 14.7 Å². The van der Waals surface area contributed by atoms with E-state index < -0.39 is 16.9 Å². The minimum atomic E-state index is -1.35. The van der Waals surface area contributed by atoms with E-state index >= 15 is 0 Å². The lowest BCUT2D eigenvalue weighted by atomic mass is 9.67. The van der Waals surface area contributed by atoms with E-state index in [2.05, 4.69) is 20.8 Å². The van der Waals surface area contributed by atoms with Gasteiger partial charge in [0.15, 0.2) is 0 Å². The molecular weight excluding hydrogens is 264 g/mol. The predicted octanol–water partition coefficient (Wildman–Crippen LogP) is 2.77. The number of esters is 1. The second kappa shape index (κ2) is 5.35. The molecule has 0 amide bonds. The van der Waals surface area contributed by atoms with Crippen LogP contribution in [-0.2, 0) is 14.3 Å². The van der Waals surface area contributed by atoms with Crippen LogP contribution in [0.1, 0.15) is 40.0 Å². The van der Waals surface area contributed by atoms with Crippen molar-refractivity contribution in [1.82, 2.24) is 0 Å².